The average Bonchev–Trinajstić information content (AvgIpc) is 2.14. The fourth-order valence-electron chi connectivity index (χ4n) is 1.13. The van der Waals surface area contributed by atoms with E-state index in [1.54, 1.807) is 12.1 Å². The maximum atomic E-state index is 11.8. The van der Waals surface area contributed by atoms with Crippen molar-refractivity contribution in [3.8, 4) is 0 Å². The number of benzene rings is 1. The number of aliphatic hydroxyl groups excluding tert-OH is 1. The van der Waals surface area contributed by atoms with Crippen LogP contribution in [0.2, 0.25) is 5.02 Å². The molecular formula is C10H14ClNO3S. The van der Waals surface area contributed by atoms with Crippen LogP contribution >= 0.6 is 11.6 Å². The fourth-order valence-corrected chi connectivity index (χ4v) is 2.85. The molecule has 0 amide bonds. The maximum absolute atomic E-state index is 11.8. The van der Waals surface area contributed by atoms with Crippen LogP contribution in [-0.4, -0.2) is 26.2 Å². The summed E-state index contributed by atoms with van der Waals surface area (Å²) in [5.41, 5.74) is 0.888. The number of hydrogen-bond acceptors (Lipinski definition) is 3. The van der Waals surface area contributed by atoms with Crippen LogP contribution < -0.4 is 4.72 Å². The van der Waals surface area contributed by atoms with Crippen LogP contribution in [0.25, 0.3) is 0 Å². The summed E-state index contributed by atoms with van der Waals surface area (Å²) in [6.45, 7) is 3.29. The molecule has 0 saturated carbocycles. The Morgan fingerprint density at radius 1 is 1.50 bits per heavy atom. The summed E-state index contributed by atoms with van der Waals surface area (Å²) in [5.74, 6) is 0. The summed E-state index contributed by atoms with van der Waals surface area (Å²) in [5, 5.41) is 9.19. The van der Waals surface area contributed by atoms with Crippen molar-refractivity contribution in [3.05, 3.63) is 28.8 Å². The number of halogens is 1. The van der Waals surface area contributed by atoms with E-state index in [1.165, 1.54) is 13.0 Å². The molecule has 1 rings (SSSR count). The average molecular weight is 264 g/mol. The normalized spacial score (nSPS) is 13.8. The molecule has 1 aromatic rings. The fraction of sp³-hybridized carbons (Fsp3) is 0.400. The quantitative estimate of drug-likeness (QED) is 0.861. The summed E-state index contributed by atoms with van der Waals surface area (Å²) >= 11 is 5.85. The van der Waals surface area contributed by atoms with E-state index in [-0.39, 0.29) is 16.5 Å². The van der Waals surface area contributed by atoms with Crippen LogP contribution in [0.4, 0.5) is 0 Å². The minimum atomic E-state index is -3.64. The van der Waals surface area contributed by atoms with E-state index >= 15 is 0 Å². The first-order valence-electron chi connectivity index (χ1n) is 4.77. The number of aliphatic hydroxyl groups is 1. The van der Waals surface area contributed by atoms with Gasteiger partial charge in [-0.05, 0) is 31.5 Å². The molecule has 6 heteroatoms. The van der Waals surface area contributed by atoms with Crippen molar-refractivity contribution in [1.29, 1.82) is 0 Å². The SMILES string of the molecule is Cc1ccc(S(=O)(=O)NC[C@@H](C)O)c(Cl)c1. The van der Waals surface area contributed by atoms with Gasteiger partial charge in [0.05, 0.1) is 11.1 Å². The van der Waals surface area contributed by atoms with E-state index in [2.05, 4.69) is 4.72 Å². The first kappa shape index (κ1) is 13.4. The van der Waals surface area contributed by atoms with Crippen LogP contribution in [0.5, 0.6) is 0 Å². The molecule has 0 spiro atoms. The summed E-state index contributed by atoms with van der Waals surface area (Å²) < 4.78 is 25.8. The Hall–Kier alpha value is -0.620. The van der Waals surface area contributed by atoms with E-state index in [0.717, 1.165) is 5.56 Å². The van der Waals surface area contributed by atoms with Gasteiger partial charge < -0.3 is 5.11 Å². The van der Waals surface area contributed by atoms with Crippen molar-refractivity contribution in [2.24, 2.45) is 0 Å². The minimum Gasteiger partial charge on any atom is -0.392 e. The summed E-state index contributed by atoms with van der Waals surface area (Å²) in [4.78, 5) is 0.0282. The highest BCUT2D eigenvalue weighted by Crippen LogP contribution is 2.22. The lowest BCUT2D eigenvalue weighted by atomic mass is 10.2. The second kappa shape index (κ2) is 5.14. The Morgan fingerprint density at radius 3 is 2.62 bits per heavy atom. The van der Waals surface area contributed by atoms with E-state index in [4.69, 9.17) is 16.7 Å². The van der Waals surface area contributed by atoms with Gasteiger partial charge in [0.2, 0.25) is 10.0 Å². The van der Waals surface area contributed by atoms with Gasteiger partial charge in [-0.1, -0.05) is 17.7 Å². The second-order valence-corrected chi connectivity index (χ2v) is 5.78. The third kappa shape index (κ3) is 3.45. The first-order valence-corrected chi connectivity index (χ1v) is 6.63. The zero-order valence-corrected chi connectivity index (χ0v) is 10.6. The highest BCUT2D eigenvalue weighted by molar-refractivity contribution is 7.89. The zero-order valence-electron chi connectivity index (χ0n) is 9.07. The molecule has 0 unspecified atom stereocenters. The van der Waals surface area contributed by atoms with Gasteiger partial charge in [-0.2, -0.15) is 0 Å². The minimum absolute atomic E-state index is 0.0282. The molecule has 0 fully saturated rings. The zero-order chi connectivity index (χ0) is 12.3. The summed E-state index contributed by atoms with van der Waals surface area (Å²) in [6.07, 6.45) is -0.737. The Kier molecular flexibility index (Phi) is 4.32. The number of aryl methyl sites for hydroxylation is 1. The van der Waals surface area contributed by atoms with E-state index < -0.39 is 16.1 Å². The lowest BCUT2D eigenvalue weighted by Crippen LogP contribution is -2.30. The predicted molar refractivity (Wildman–Crippen MR) is 63.1 cm³/mol. The topological polar surface area (TPSA) is 66.4 Å². The highest BCUT2D eigenvalue weighted by atomic mass is 35.5. The van der Waals surface area contributed by atoms with Crippen molar-refractivity contribution < 1.29 is 13.5 Å². The molecule has 0 aliphatic carbocycles. The van der Waals surface area contributed by atoms with Gasteiger partial charge in [0.15, 0.2) is 0 Å². The molecule has 0 radical (unpaired) electrons. The maximum Gasteiger partial charge on any atom is 0.242 e. The molecule has 0 bridgehead atoms. The van der Waals surface area contributed by atoms with Gasteiger partial charge in [0.1, 0.15) is 4.90 Å². The molecule has 0 aliphatic heterocycles. The van der Waals surface area contributed by atoms with Gasteiger partial charge in [-0.15, -0.1) is 0 Å². The predicted octanol–water partition coefficient (Wildman–Crippen LogP) is 1.31. The van der Waals surface area contributed by atoms with Gasteiger partial charge in [-0.25, -0.2) is 13.1 Å². The number of nitrogens with one attached hydrogen (secondary N) is 1. The molecule has 1 atom stereocenters. The van der Waals surface area contributed by atoms with Gasteiger partial charge >= 0.3 is 0 Å². The Labute approximate surface area is 100 Å². The van der Waals surface area contributed by atoms with Gasteiger partial charge in [0.25, 0.3) is 0 Å². The Bertz CT molecular complexity index is 471. The van der Waals surface area contributed by atoms with Crippen molar-refractivity contribution in [1.82, 2.24) is 4.72 Å². The monoisotopic (exact) mass is 263 g/mol. The number of sulfonamides is 1. The molecule has 16 heavy (non-hydrogen) atoms. The molecular weight excluding hydrogens is 250 g/mol. The molecule has 0 aromatic heterocycles. The molecule has 4 nitrogen and oxygen atoms in total. The molecule has 90 valence electrons. The lowest BCUT2D eigenvalue weighted by Gasteiger charge is -2.09. The highest BCUT2D eigenvalue weighted by Gasteiger charge is 2.17. The third-order valence-electron chi connectivity index (χ3n) is 1.95. The van der Waals surface area contributed by atoms with E-state index in [0.29, 0.717) is 0 Å². The molecule has 2 N–H and O–H groups in total. The van der Waals surface area contributed by atoms with Crippen LogP contribution in [-0.2, 0) is 10.0 Å². The molecule has 1 aromatic carbocycles. The van der Waals surface area contributed by atoms with Crippen LogP contribution in [0.15, 0.2) is 23.1 Å². The Morgan fingerprint density at radius 2 is 2.12 bits per heavy atom. The summed E-state index contributed by atoms with van der Waals surface area (Å²) in [7, 11) is -3.64. The first-order chi connectivity index (χ1) is 7.33. The molecule has 0 aliphatic rings. The van der Waals surface area contributed by atoms with Crippen LogP contribution in [0, 0.1) is 6.92 Å². The second-order valence-electron chi connectivity index (χ2n) is 3.63. The van der Waals surface area contributed by atoms with Gasteiger partial charge in [-0.3, -0.25) is 0 Å². The van der Waals surface area contributed by atoms with Crippen molar-refractivity contribution >= 4 is 21.6 Å². The van der Waals surface area contributed by atoms with Crippen LogP contribution in [0.1, 0.15) is 12.5 Å². The Balaban J connectivity index is 2.99. The smallest absolute Gasteiger partial charge is 0.242 e. The summed E-state index contributed by atoms with van der Waals surface area (Å²) in [6, 6.07) is 4.70. The van der Waals surface area contributed by atoms with Crippen LogP contribution in [0.3, 0.4) is 0 Å². The molecule has 0 saturated heterocycles. The van der Waals surface area contributed by atoms with Crippen molar-refractivity contribution in [3.63, 3.8) is 0 Å². The standard InChI is InChI=1S/C10H14ClNO3S/c1-7-3-4-10(9(11)5-7)16(14,15)12-6-8(2)13/h3-5,8,12-13H,6H2,1-2H3/t8-/m1/s1. The van der Waals surface area contributed by atoms with E-state index in [9.17, 15) is 8.42 Å². The van der Waals surface area contributed by atoms with Gasteiger partial charge in [0, 0.05) is 6.54 Å². The molecule has 0 heterocycles. The number of hydrogen-bond donors (Lipinski definition) is 2. The lowest BCUT2D eigenvalue weighted by molar-refractivity contribution is 0.198. The number of rotatable bonds is 4. The van der Waals surface area contributed by atoms with E-state index in [1.807, 2.05) is 6.92 Å². The van der Waals surface area contributed by atoms with Crippen molar-refractivity contribution in [2.45, 2.75) is 24.8 Å². The third-order valence-corrected chi connectivity index (χ3v) is 3.85. The van der Waals surface area contributed by atoms with Crippen molar-refractivity contribution in [2.75, 3.05) is 6.54 Å². The largest absolute Gasteiger partial charge is 0.392 e.